The molecule has 2 aromatic rings. The average Bonchev–Trinajstić information content (AvgIpc) is 3.15. The van der Waals surface area contributed by atoms with Gasteiger partial charge in [0.2, 0.25) is 5.91 Å². The lowest BCUT2D eigenvalue weighted by Crippen LogP contribution is -2.46. The first-order valence-electron chi connectivity index (χ1n) is 7.92. The Labute approximate surface area is 135 Å². The van der Waals surface area contributed by atoms with Crippen LogP contribution in [0.25, 0.3) is 5.69 Å². The van der Waals surface area contributed by atoms with Crippen molar-refractivity contribution in [2.45, 2.75) is 25.4 Å². The number of amides is 1. The number of aromatic nitrogens is 2. The molecule has 3 rings (SSSR count). The summed E-state index contributed by atoms with van der Waals surface area (Å²) in [7, 11) is 0. The van der Waals surface area contributed by atoms with Gasteiger partial charge in [-0.1, -0.05) is 12.1 Å². The van der Waals surface area contributed by atoms with Crippen LogP contribution in [0.15, 0.2) is 43.0 Å². The SMILES string of the molecule is NC(C(=O)NCc1cccc(-n2ccnc2)c1)C1CCOCC1. The van der Waals surface area contributed by atoms with Crippen LogP contribution in [-0.2, 0) is 16.1 Å². The standard InChI is InChI=1S/C17H22N4O2/c18-16(14-4-8-23-9-5-14)17(22)20-11-13-2-1-3-15(10-13)21-7-6-19-12-21/h1-3,6-7,10,12,14,16H,4-5,8-9,11,18H2,(H,20,22). The van der Waals surface area contributed by atoms with Gasteiger partial charge in [0.25, 0.3) is 0 Å². The molecule has 6 heteroatoms. The third kappa shape index (κ3) is 3.97. The van der Waals surface area contributed by atoms with Crippen molar-refractivity contribution in [2.24, 2.45) is 11.7 Å². The van der Waals surface area contributed by atoms with E-state index in [0.29, 0.717) is 19.8 Å². The summed E-state index contributed by atoms with van der Waals surface area (Å²) in [4.78, 5) is 16.3. The van der Waals surface area contributed by atoms with Gasteiger partial charge in [0, 0.05) is 37.8 Å². The lowest BCUT2D eigenvalue weighted by Gasteiger charge is -2.26. The van der Waals surface area contributed by atoms with Crippen molar-refractivity contribution in [3.8, 4) is 5.69 Å². The summed E-state index contributed by atoms with van der Waals surface area (Å²) in [6, 6.07) is 7.52. The first-order valence-corrected chi connectivity index (χ1v) is 7.92. The minimum absolute atomic E-state index is 0.0927. The molecule has 3 N–H and O–H groups in total. The van der Waals surface area contributed by atoms with E-state index in [1.54, 1.807) is 12.5 Å². The van der Waals surface area contributed by atoms with Gasteiger partial charge in [-0.25, -0.2) is 4.98 Å². The molecule has 0 bridgehead atoms. The fourth-order valence-electron chi connectivity index (χ4n) is 2.83. The zero-order valence-electron chi connectivity index (χ0n) is 13.0. The second-order valence-electron chi connectivity index (χ2n) is 5.83. The molecule has 1 unspecified atom stereocenters. The molecule has 122 valence electrons. The Morgan fingerprint density at radius 2 is 2.26 bits per heavy atom. The highest BCUT2D eigenvalue weighted by Crippen LogP contribution is 2.18. The summed E-state index contributed by atoms with van der Waals surface area (Å²) in [6.45, 7) is 1.86. The Hall–Kier alpha value is -2.18. The van der Waals surface area contributed by atoms with Gasteiger partial charge in [-0.2, -0.15) is 0 Å². The Kier molecular flexibility index (Phi) is 5.05. The molecule has 0 saturated carbocycles. The number of benzene rings is 1. The van der Waals surface area contributed by atoms with E-state index in [0.717, 1.165) is 24.1 Å². The van der Waals surface area contributed by atoms with Crippen LogP contribution in [0.5, 0.6) is 0 Å². The number of imidazole rings is 1. The average molecular weight is 314 g/mol. The summed E-state index contributed by atoms with van der Waals surface area (Å²) in [5.41, 5.74) is 8.13. The minimum atomic E-state index is -0.462. The van der Waals surface area contributed by atoms with Gasteiger partial charge < -0.3 is 20.4 Å². The quantitative estimate of drug-likeness (QED) is 0.870. The summed E-state index contributed by atoms with van der Waals surface area (Å²) in [5, 5.41) is 2.94. The molecule has 1 atom stereocenters. The van der Waals surface area contributed by atoms with Gasteiger partial charge in [-0.3, -0.25) is 4.79 Å². The van der Waals surface area contributed by atoms with Crippen molar-refractivity contribution in [2.75, 3.05) is 13.2 Å². The predicted molar refractivity (Wildman–Crippen MR) is 86.9 cm³/mol. The molecular weight excluding hydrogens is 292 g/mol. The summed E-state index contributed by atoms with van der Waals surface area (Å²) in [6.07, 6.45) is 7.08. The van der Waals surface area contributed by atoms with Gasteiger partial charge >= 0.3 is 0 Å². The van der Waals surface area contributed by atoms with Crippen LogP contribution in [0.2, 0.25) is 0 Å². The van der Waals surface area contributed by atoms with E-state index in [9.17, 15) is 4.79 Å². The first-order chi connectivity index (χ1) is 11.2. The van der Waals surface area contributed by atoms with E-state index in [4.69, 9.17) is 10.5 Å². The Bertz CT molecular complexity index is 636. The predicted octanol–water partition coefficient (Wildman–Crippen LogP) is 1.24. The van der Waals surface area contributed by atoms with E-state index in [2.05, 4.69) is 10.3 Å². The van der Waals surface area contributed by atoms with E-state index < -0.39 is 6.04 Å². The van der Waals surface area contributed by atoms with Crippen LogP contribution in [0.1, 0.15) is 18.4 Å². The maximum absolute atomic E-state index is 12.2. The molecule has 1 aromatic carbocycles. The van der Waals surface area contributed by atoms with Crippen molar-refractivity contribution in [1.82, 2.24) is 14.9 Å². The monoisotopic (exact) mass is 314 g/mol. The van der Waals surface area contributed by atoms with Crippen molar-refractivity contribution in [3.63, 3.8) is 0 Å². The third-order valence-corrected chi connectivity index (χ3v) is 4.26. The van der Waals surface area contributed by atoms with Crippen LogP contribution in [0.3, 0.4) is 0 Å². The fraction of sp³-hybridized carbons (Fsp3) is 0.412. The van der Waals surface area contributed by atoms with E-state index in [1.165, 1.54) is 0 Å². The molecule has 1 amide bonds. The highest BCUT2D eigenvalue weighted by Gasteiger charge is 2.26. The maximum Gasteiger partial charge on any atom is 0.237 e. The van der Waals surface area contributed by atoms with E-state index >= 15 is 0 Å². The minimum Gasteiger partial charge on any atom is -0.381 e. The maximum atomic E-state index is 12.2. The highest BCUT2D eigenvalue weighted by atomic mass is 16.5. The molecule has 1 aliphatic rings. The van der Waals surface area contributed by atoms with Gasteiger partial charge in [0.1, 0.15) is 0 Å². The van der Waals surface area contributed by atoms with E-state index in [1.807, 2.05) is 35.0 Å². The molecule has 0 radical (unpaired) electrons. The number of nitrogens with one attached hydrogen (secondary N) is 1. The number of hydrogen-bond acceptors (Lipinski definition) is 4. The molecule has 1 fully saturated rings. The van der Waals surface area contributed by atoms with Crippen molar-refractivity contribution in [1.29, 1.82) is 0 Å². The highest BCUT2D eigenvalue weighted by molar-refractivity contribution is 5.81. The zero-order chi connectivity index (χ0) is 16.1. The Morgan fingerprint density at radius 3 is 3.00 bits per heavy atom. The third-order valence-electron chi connectivity index (χ3n) is 4.26. The van der Waals surface area contributed by atoms with Crippen LogP contribution in [-0.4, -0.2) is 34.7 Å². The summed E-state index contributed by atoms with van der Waals surface area (Å²) < 4.78 is 7.24. The largest absolute Gasteiger partial charge is 0.381 e. The molecule has 0 aliphatic carbocycles. The van der Waals surface area contributed by atoms with Gasteiger partial charge in [-0.05, 0) is 36.5 Å². The molecule has 0 spiro atoms. The topological polar surface area (TPSA) is 82.2 Å². The second-order valence-corrected chi connectivity index (χ2v) is 5.83. The van der Waals surface area contributed by atoms with Crippen LogP contribution in [0, 0.1) is 5.92 Å². The van der Waals surface area contributed by atoms with Crippen LogP contribution < -0.4 is 11.1 Å². The second kappa shape index (κ2) is 7.39. The lowest BCUT2D eigenvalue weighted by molar-refractivity contribution is -0.124. The number of nitrogens with zero attached hydrogens (tertiary/aromatic N) is 2. The number of hydrogen-bond donors (Lipinski definition) is 2. The van der Waals surface area contributed by atoms with E-state index in [-0.39, 0.29) is 11.8 Å². The molecule has 2 heterocycles. The van der Waals surface area contributed by atoms with Crippen molar-refractivity contribution in [3.05, 3.63) is 48.5 Å². The van der Waals surface area contributed by atoms with Crippen molar-refractivity contribution < 1.29 is 9.53 Å². The molecule has 1 aromatic heterocycles. The molecular formula is C17H22N4O2. The number of nitrogens with two attached hydrogens (primary N) is 1. The molecule has 1 aliphatic heterocycles. The molecule has 23 heavy (non-hydrogen) atoms. The van der Waals surface area contributed by atoms with Gasteiger partial charge in [0.05, 0.1) is 12.4 Å². The van der Waals surface area contributed by atoms with Crippen LogP contribution in [0.4, 0.5) is 0 Å². The Morgan fingerprint density at radius 1 is 1.43 bits per heavy atom. The first kappa shape index (κ1) is 15.7. The zero-order valence-corrected chi connectivity index (χ0v) is 13.0. The number of carbonyl (C=O) groups is 1. The smallest absolute Gasteiger partial charge is 0.237 e. The van der Waals surface area contributed by atoms with Crippen molar-refractivity contribution >= 4 is 5.91 Å². The van der Waals surface area contributed by atoms with Crippen LogP contribution >= 0.6 is 0 Å². The number of rotatable bonds is 5. The lowest BCUT2D eigenvalue weighted by atomic mass is 9.92. The number of ether oxygens (including phenoxy) is 1. The number of carbonyl (C=O) groups excluding carboxylic acids is 1. The normalized spacial score (nSPS) is 16.9. The fourth-order valence-corrected chi connectivity index (χ4v) is 2.83. The van der Waals surface area contributed by atoms with Gasteiger partial charge in [-0.15, -0.1) is 0 Å². The summed E-state index contributed by atoms with van der Waals surface area (Å²) >= 11 is 0. The molecule has 6 nitrogen and oxygen atoms in total. The van der Waals surface area contributed by atoms with Gasteiger partial charge in [0.15, 0.2) is 0 Å². The Balaban J connectivity index is 1.57. The summed E-state index contributed by atoms with van der Waals surface area (Å²) in [5.74, 6) is 0.117. The molecule has 1 saturated heterocycles.